The largest absolute Gasteiger partial charge is 0.481 e. The fourth-order valence-electron chi connectivity index (χ4n) is 2.15. The number of rotatable bonds is 5. The molecule has 0 bridgehead atoms. The molecule has 0 aromatic heterocycles. The van der Waals surface area contributed by atoms with Gasteiger partial charge in [0.25, 0.3) is 5.91 Å². The third kappa shape index (κ3) is 4.10. The van der Waals surface area contributed by atoms with Crippen molar-refractivity contribution in [1.29, 1.82) is 0 Å². The molecule has 0 aliphatic heterocycles. The highest BCUT2D eigenvalue weighted by Crippen LogP contribution is 2.21. The van der Waals surface area contributed by atoms with Crippen molar-refractivity contribution in [3.63, 3.8) is 0 Å². The first-order valence-corrected chi connectivity index (χ1v) is 7.60. The predicted molar refractivity (Wildman–Crippen MR) is 90.4 cm³/mol. The molecule has 2 rings (SSSR count). The Kier molecular flexibility index (Phi) is 5.21. The van der Waals surface area contributed by atoms with Gasteiger partial charge < -0.3 is 10.1 Å². The van der Waals surface area contributed by atoms with E-state index in [1.54, 1.807) is 6.92 Å². The molecular weight excluding hydrogens is 274 g/mol. The van der Waals surface area contributed by atoms with Gasteiger partial charge in [0.15, 0.2) is 6.10 Å². The van der Waals surface area contributed by atoms with Crippen LogP contribution in [0.15, 0.2) is 48.5 Å². The number of benzene rings is 2. The monoisotopic (exact) mass is 297 g/mol. The number of carbonyl (C=O) groups is 1. The number of hydrogen-bond acceptors (Lipinski definition) is 2. The lowest BCUT2D eigenvalue weighted by molar-refractivity contribution is -0.122. The highest BCUT2D eigenvalue weighted by Gasteiger charge is 2.16. The van der Waals surface area contributed by atoms with E-state index in [0.29, 0.717) is 5.92 Å². The van der Waals surface area contributed by atoms with Gasteiger partial charge in [-0.05, 0) is 49.1 Å². The lowest BCUT2D eigenvalue weighted by atomic mass is 10.0. The van der Waals surface area contributed by atoms with Crippen molar-refractivity contribution in [1.82, 2.24) is 0 Å². The lowest BCUT2D eigenvalue weighted by Gasteiger charge is -2.16. The van der Waals surface area contributed by atoms with Crippen molar-refractivity contribution in [2.24, 2.45) is 0 Å². The smallest absolute Gasteiger partial charge is 0.265 e. The molecule has 0 aliphatic rings. The summed E-state index contributed by atoms with van der Waals surface area (Å²) in [5, 5.41) is 2.90. The zero-order valence-corrected chi connectivity index (χ0v) is 13.6. The number of para-hydroxylation sites is 1. The van der Waals surface area contributed by atoms with Gasteiger partial charge in [0.1, 0.15) is 5.75 Å². The van der Waals surface area contributed by atoms with Gasteiger partial charge in [0, 0.05) is 5.69 Å². The van der Waals surface area contributed by atoms with Gasteiger partial charge in [-0.25, -0.2) is 0 Å². The number of carbonyl (C=O) groups excluding carboxylic acids is 1. The molecule has 0 radical (unpaired) electrons. The number of aryl methyl sites for hydroxylation is 1. The maximum Gasteiger partial charge on any atom is 0.265 e. The van der Waals surface area contributed by atoms with Crippen molar-refractivity contribution < 1.29 is 9.53 Å². The number of hydrogen-bond donors (Lipinski definition) is 1. The zero-order chi connectivity index (χ0) is 16.1. The summed E-state index contributed by atoms with van der Waals surface area (Å²) in [5.41, 5.74) is 3.05. The molecule has 1 unspecified atom stereocenters. The molecule has 0 aliphatic carbocycles. The molecule has 0 fully saturated rings. The molecule has 0 heterocycles. The molecule has 22 heavy (non-hydrogen) atoms. The third-order valence-electron chi connectivity index (χ3n) is 3.61. The minimum atomic E-state index is -0.554. The average molecular weight is 297 g/mol. The van der Waals surface area contributed by atoms with Gasteiger partial charge in [-0.1, -0.05) is 44.2 Å². The Labute approximate surface area is 132 Å². The summed E-state index contributed by atoms with van der Waals surface area (Å²) in [5.74, 6) is 1.00. The Morgan fingerprint density at radius 3 is 2.45 bits per heavy atom. The first kappa shape index (κ1) is 16.1. The maximum atomic E-state index is 12.3. The van der Waals surface area contributed by atoms with E-state index in [0.717, 1.165) is 17.0 Å². The van der Waals surface area contributed by atoms with Gasteiger partial charge in [0.2, 0.25) is 0 Å². The average Bonchev–Trinajstić information content (AvgIpc) is 2.49. The van der Waals surface area contributed by atoms with Crippen molar-refractivity contribution in [2.75, 3.05) is 5.32 Å². The highest BCUT2D eigenvalue weighted by molar-refractivity contribution is 5.94. The van der Waals surface area contributed by atoms with E-state index in [1.807, 2.05) is 49.4 Å². The van der Waals surface area contributed by atoms with Crippen LogP contribution in [0.5, 0.6) is 5.75 Å². The molecule has 1 amide bonds. The van der Waals surface area contributed by atoms with Crippen LogP contribution in [-0.4, -0.2) is 12.0 Å². The SMILES string of the molecule is Cc1ccccc1NC(=O)C(C)Oc1cccc(C(C)C)c1. The minimum Gasteiger partial charge on any atom is -0.481 e. The highest BCUT2D eigenvalue weighted by atomic mass is 16.5. The second kappa shape index (κ2) is 7.12. The third-order valence-corrected chi connectivity index (χ3v) is 3.61. The van der Waals surface area contributed by atoms with Crippen LogP contribution >= 0.6 is 0 Å². The Hall–Kier alpha value is -2.29. The quantitative estimate of drug-likeness (QED) is 0.881. The molecule has 0 spiro atoms. The molecule has 3 heteroatoms. The first-order valence-electron chi connectivity index (χ1n) is 7.60. The first-order chi connectivity index (χ1) is 10.5. The molecule has 2 aromatic carbocycles. The second-order valence-electron chi connectivity index (χ2n) is 5.79. The Morgan fingerprint density at radius 2 is 1.77 bits per heavy atom. The number of nitrogens with one attached hydrogen (secondary N) is 1. The van der Waals surface area contributed by atoms with Gasteiger partial charge in [0.05, 0.1) is 0 Å². The normalized spacial score (nSPS) is 12.0. The fourth-order valence-corrected chi connectivity index (χ4v) is 2.15. The summed E-state index contributed by atoms with van der Waals surface area (Å²) >= 11 is 0. The van der Waals surface area contributed by atoms with E-state index in [1.165, 1.54) is 5.56 Å². The topological polar surface area (TPSA) is 38.3 Å². The molecule has 2 aromatic rings. The predicted octanol–water partition coefficient (Wildman–Crippen LogP) is 4.52. The molecule has 116 valence electrons. The summed E-state index contributed by atoms with van der Waals surface area (Å²) < 4.78 is 5.77. The number of ether oxygens (including phenoxy) is 1. The van der Waals surface area contributed by atoms with Crippen LogP contribution < -0.4 is 10.1 Å². The van der Waals surface area contributed by atoms with E-state index in [2.05, 4.69) is 25.2 Å². The van der Waals surface area contributed by atoms with Crippen LogP contribution in [-0.2, 0) is 4.79 Å². The van der Waals surface area contributed by atoms with Gasteiger partial charge >= 0.3 is 0 Å². The Bertz CT molecular complexity index is 649. The van der Waals surface area contributed by atoms with Gasteiger partial charge in [-0.15, -0.1) is 0 Å². The second-order valence-corrected chi connectivity index (χ2v) is 5.79. The molecular formula is C19H23NO2. The summed E-state index contributed by atoms with van der Waals surface area (Å²) in [4.78, 5) is 12.3. The maximum absolute atomic E-state index is 12.3. The molecule has 0 saturated heterocycles. The van der Waals surface area contributed by atoms with E-state index in [4.69, 9.17) is 4.74 Å². The summed E-state index contributed by atoms with van der Waals surface area (Å²) in [6.45, 7) is 7.99. The van der Waals surface area contributed by atoms with E-state index in [9.17, 15) is 4.79 Å². The summed E-state index contributed by atoms with van der Waals surface area (Å²) in [6.07, 6.45) is -0.554. The van der Waals surface area contributed by atoms with Crippen LogP contribution in [0.3, 0.4) is 0 Å². The van der Waals surface area contributed by atoms with Crippen molar-refractivity contribution in [2.45, 2.75) is 39.7 Å². The van der Waals surface area contributed by atoms with Crippen LogP contribution in [0.2, 0.25) is 0 Å². The Morgan fingerprint density at radius 1 is 1.05 bits per heavy atom. The molecule has 1 atom stereocenters. The van der Waals surface area contributed by atoms with Crippen molar-refractivity contribution in [3.8, 4) is 5.75 Å². The van der Waals surface area contributed by atoms with Crippen LogP contribution in [0.1, 0.15) is 37.8 Å². The number of anilines is 1. The van der Waals surface area contributed by atoms with E-state index in [-0.39, 0.29) is 5.91 Å². The zero-order valence-electron chi connectivity index (χ0n) is 13.6. The minimum absolute atomic E-state index is 0.149. The molecule has 1 N–H and O–H groups in total. The van der Waals surface area contributed by atoms with Gasteiger partial charge in [-0.3, -0.25) is 4.79 Å². The van der Waals surface area contributed by atoms with Gasteiger partial charge in [-0.2, -0.15) is 0 Å². The lowest BCUT2D eigenvalue weighted by Crippen LogP contribution is -2.30. The fraction of sp³-hybridized carbons (Fsp3) is 0.316. The number of amides is 1. The van der Waals surface area contributed by atoms with Crippen LogP contribution in [0.4, 0.5) is 5.69 Å². The molecule has 0 saturated carbocycles. The van der Waals surface area contributed by atoms with Crippen molar-refractivity contribution >= 4 is 11.6 Å². The summed E-state index contributed by atoms with van der Waals surface area (Å²) in [7, 11) is 0. The Balaban J connectivity index is 2.02. The van der Waals surface area contributed by atoms with E-state index < -0.39 is 6.10 Å². The standard InChI is InChI=1S/C19H23NO2/c1-13(2)16-9-7-10-17(12-16)22-15(4)19(21)20-18-11-6-5-8-14(18)3/h5-13,15H,1-4H3,(H,20,21). The molecule has 3 nitrogen and oxygen atoms in total. The van der Waals surface area contributed by atoms with E-state index >= 15 is 0 Å². The van der Waals surface area contributed by atoms with Crippen molar-refractivity contribution in [3.05, 3.63) is 59.7 Å². The van der Waals surface area contributed by atoms with Crippen LogP contribution in [0.25, 0.3) is 0 Å². The summed E-state index contributed by atoms with van der Waals surface area (Å²) in [6, 6.07) is 15.6. The van der Waals surface area contributed by atoms with Crippen LogP contribution in [0, 0.1) is 6.92 Å².